The van der Waals surface area contributed by atoms with Gasteiger partial charge in [0.25, 0.3) is 0 Å². The highest BCUT2D eigenvalue weighted by Gasteiger charge is 2.18. The Balaban J connectivity index is 2.56. The summed E-state index contributed by atoms with van der Waals surface area (Å²) < 4.78 is 0.699. The van der Waals surface area contributed by atoms with Gasteiger partial charge in [-0.25, -0.2) is 0 Å². The summed E-state index contributed by atoms with van der Waals surface area (Å²) in [5.41, 5.74) is 0.604. The number of hydrogen-bond acceptors (Lipinski definition) is 1. The van der Waals surface area contributed by atoms with Crippen molar-refractivity contribution in [2.75, 3.05) is 0 Å². The fraction of sp³-hybridized carbons (Fsp3) is 0. The monoisotopic (exact) mass is 396 g/mol. The Hall–Kier alpha value is -0.250. The van der Waals surface area contributed by atoms with Gasteiger partial charge in [0.15, 0.2) is 5.78 Å². The molecule has 0 aromatic heterocycles. The number of halogens is 5. The Bertz CT molecular complexity index is 626. The summed E-state index contributed by atoms with van der Waals surface area (Å²) in [5.74, 6) is -0.310. The summed E-state index contributed by atoms with van der Waals surface area (Å²) >= 11 is 27.1. The predicted molar refractivity (Wildman–Crippen MR) is 84.1 cm³/mol. The van der Waals surface area contributed by atoms with Crippen molar-refractivity contribution < 1.29 is 4.79 Å². The molecule has 0 radical (unpaired) electrons. The first-order valence-electron chi connectivity index (χ1n) is 5.04. The number of hydrogen-bond donors (Lipinski definition) is 0. The first kappa shape index (κ1) is 15.1. The number of carbonyl (C=O) groups excluding carboxylic acids is 1. The van der Waals surface area contributed by atoms with Crippen LogP contribution in [-0.4, -0.2) is 5.78 Å². The van der Waals surface area contributed by atoms with Crippen LogP contribution in [0.1, 0.15) is 15.9 Å². The smallest absolute Gasteiger partial charge is 0.196 e. The largest absolute Gasteiger partial charge is 0.288 e. The van der Waals surface area contributed by atoms with Crippen LogP contribution < -0.4 is 0 Å². The quantitative estimate of drug-likeness (QED) is 0.543. The lowest BCUT2D eigenvalue weighted by molar-refractivity contribution is 0.103. The molecule has 0 spiro atoms. The van der Waals surface area contributed by atoms with E-state index < -0.39 is 0 Å². The fourth-order valence-corrected chi connectivity index (χ4v) is 3.44. The lowest BCUT2D eigenvalue weighted by Crippen LogP contribution is -2.03. The number of rotatable bonds is 2. The molecule has 0 saturated carbocycles. The van der Waals surface area contributed by atoms with Gasteiger partial charge in [-0.2, -0.15) is 0 Å². The molecular weight excluding hydrogens is 394 g/mol. The Morgan fingerprint density at radius 3 is 1.89 bits per heavy atom. The minimum absolute atomic E-state index is 0.207. The van der Waals surface area contributed by atoms with E-state index in [2.05, 4.69) is 15.9 Å². The predicted octanol–water partition coefficient (Wildman–Crippen LogP) is 6.29. The number of ketones is 1. The third-order valence-electron chi connectivity index (χ3n) is 2.36. The lowest BCUT2D eigenvalue weighted by atomic mass is 10.0. The lowest BCUT2D eigenvalue weighted by Gasteiger charge is -2.08. The topological polar surface area (TPSA) is 17.1 Å². The molecule has 0 aliphatic rings. The zero-order valence-corrected chi connectivity index (χ0v) is 13.8. The van der Waals surface area contributed by atoms with E-state index in [1.165, 1.54) is 12.1 Å². The van der Waals surface area contributed by atoms with Crippen molar-refractivity contribution in [3.63, 3.8) is 0 Å². The summed E-state index contributed by atoms with van der Waals surface area (Å²) in [7, 11) is 0. The van der Waals surface area contributed by atoms with Crippen LogP contribution in [0.2, 0.25) is 20.1 Å². The second-order valence-electron chi connectivity index (χ2n) is 3.73. The van der Waals surface area contributed by atoms with E-state index in [1.54, 1.807) is 18.2 Å². The Morgan fingerprint density at radius 1 is 0.842 bits per heavy atom. The average Bonchev–Trinajstić information content (AvgIpc) is 2.25. The maximum absolute atomic E-state index is 12.4. The molecule has 0 saturated heterocycles. The molecule has 2 rings (SSSR count). The van der Waals surface area contributed by atoms with Crippen molar-refractivity contribution in [2.24, 2.45) is 0 Å². The van der Waals surface area contributed by atoms with Gasteiger partial charge in [0.2, 0.25) is 0 Å². The molecule has 0 heterocycles. The van der Waals surface area contributed by atoms with Crippen molar-refractivity contribution in [3.8, 4) is 0 Å². The first-order chi connectivity index (χ1) is 8.88. The van der Waals surface area contributed by atoms with Crippen LogP contribution in [0.3, 0.4) is 0 Å². The second kappa shape index (κ2) is 6.02. The van der Waals surface area contributed by atoms with Crippen LogP contribution in [0, 0.1) is 0 Å². The molecule has 0 fully saturated rings. The third-order valence-corrected chi connectivity index (χ3v) is 3.85. The van der Waals surface area contributed by atoms with E-state index in [1.807, 2.05) is 0 Å². The van der Waals surface area contributed by atoms with Crippen LogP contribution in [-0.2, 0) is 0 Å². The summed E-state index contributed by atoms with van der Waals surface area (Å²) in [6.45, 7) is 0. The Kier molecular flexibility index (Phi) is 4.80. The maximum atomic E-state index is 12.4. The molecule has 0 aliphatic carbocycles. The van der Waals surface area contributed by atoms with Crippen LogP contribution in [0.4, 0.5) is 0 Å². The number of carbonyl (C=O) groups is 1. The van der Waals surface area contributed by atoms with Crippen molar-refractivity contribution in [3.05, 3.63) is 66.0 Å². The summed E-state index contributed by atoms with van der Waals surface area (Å²) in [4.78, 5) is 12.4. The van der Waals surface area contributed by atoms with Crippen molar-refractivity contribution in [2.45, 2.75) is 0 Å². The minimum Gasteiger partial charge on any atom is -0.288 e. The van der Waals surface area contributed by atoms with Gasteiger partial charge >= 0.3 is 0 Å². The molecule has 0 atom stereocenters. The molecule has 0 bridgehead atoms. The molecule has 2 aromatic carbocycles. The normalized spacial score (nSPS) is 10.6. The zero-order chi connectivity index (χ0) is 14.2. The van der Waals surface area contributed by atoms with E-state index in [4.69, 9.17) is 46.4 Å². The summed E-state index contributed by atoms with van der Waals surface area (Å²) in [6.07, 6.45) is 0. The van der Waals surface area contributed by atoms with Crippen LogP contribution >= 0.6 is 62.3 Å². The zero-order valence-electron chi connectivity index (χ0n) is 9.18. The minimum atomic E-state index is -0.310. The van der Waals surface area contributed by atoms with Crippen LogP contribution in [0.15, 0.2) is 34.8 Å². The summed E-state index contributed by atoms with van der Waals surface area (Å²) in [6, 6.07) is 7.83. The molecule has 6 heteroatoms. The highest BCUT2D eigenvalue weighted by molar-refractivity contribution is 9.10. The van der Waals surface area contributed by atoms with E-state index in [0.717, 1.165) is 0 Å². The molecule has 0 aliphatic heterocycles. The van der Waals surface area contributed by atoms with Gasteiger partial charge in [-0.1, -0.05) is 62.3 Å². The molecule has 98 valence electrons. The van der Waals surface area contributed by atoms with Gasteiger partial charge in [-0.3, -0.25) is 4.79 Å². The third kappa shape index (κ3) is 3.45. The van der Waals surface area contributed by atoms with Crippen molar-refractivity contribution in [1.82, 2.24) is 0 Å². The highest BCUT2D eigenvalue weighted by atomic mass is 79.9. The SMILES string of the molecule is O=C(c1cc(Cl)cc(Br)c1)c1c(Cl)cc(Cl)cc1Cl. The molecule has 2 aromatic rings. The van der Waals surface area contributed by atoms with E-state index in [9.17, 15) is 4.79 Å². The fourth-order valence-electron chi connectivity index (χ4n) is 1.59. The first-order valence-corrected chi connectivity index (χ1v) is 7.34. The van der Waals surface area contributed by atoms with Gasteiger partial charge in [0.1, 0.15) is 0 Å². The van der Waals surface area contributed by atoms with Crippen LogP contribution in [0.5, 0.6) is 0 Å². The van der Waals surface area contributed by atoms with Crippen molar-refractivity contribution in [1.29, 1.82) is 0 Å². The van der Waals surface area contributed by atoms with Gasteiger partial charge in [-0.15, -0.1) is 0 Å². The highest BCUT2D eigenvalue weighted by Crippen LogP contribution is 2.32. The van der Waals surface area contributed by atoms with Crippen LogP contribution in [0.25, 0.3) is 0 Å². The van der Waals surface area contributed by atoms with E-state index >= 15 is 0 Å². The Morgan fingerprint density at radius 2 is 1.37 bits per heavy atom. The molecule has 19 heavy (non-hydrogen) atoms. The molecule has 1 nitrogen and oxygen atoms in total. The van der Waals surface area contributed by atoms with Gasteiger partial charge in [0.05, 0.1) is 15.6 Å². The second-order valence-corrected chi connectivity index (χ2v) is 6.33. The van der Waals surface area contributed by atoms with Gasteiger partial charge < -0.3 is 0 Å². The van der Waals surface area contributed by atoms with Crippen molar-refractivity contribution >= 4 is 68.1 Å². The van der Waals surface area contributed by atoms with Gasteiger partial charge in [0, 0.05) is 20.1 Å². The number of benzene rings is 2. The Labute approximate surface area is 138 Å². The van der Waals surface area contributed by atoms with E-state index in [0.29, 0.717) is 20.1 Å². The van der Waals surface area contributed by atoms with Gasteiger partial charge in [-0.05, 0) is 30.3 Å². The molecule has 0 N–H and O–H groups in total. The molecule has 0 amide bonds. The summed E-state index contributed by atoms with van der Waals surface area (Å²) in [5, 5.41) is 1.23. The standard InChI is InChI=1S/C13H5BrCl4O/c14-7-1-6(2-8(15)3-7)13(19)12-10(17)4-9(16)5-11(12)18/h1-5H. The average molecular weight is 399 g/mol. The maximum Gasteiger partial charge on any atom is 0.196 e. The molecular formula is C13H5BrCl4O. The van der Waals surface area contributed by atoms with E-state index in [-0.39, 0.29) is 21.4 Å². The molecule has 0 unspecified atom stereocenters.